The molecule has 0 aliphatic heterocycles. The summed E-state index contributed by atoms with van der Waals surface area (Å²) < 4.78 is 13.3. The average Bonchev–Trinajstić information content (AvgIpc) is 3.34. The van der Waals surface area contributed by atoms with Crippen molar-refractivity contribution in [2.24, 2.45) is 7.05 Å². The largest absolute Gasteiger partial charge is 0.486 e. The lowest BCUT2D eigenvalue weighted by Crippen LogP contribution is -2.21. The number of thiophene rings is 1. The fraction of sp³-hybridized carbons (Fsp3) is 0.318. The van der Waals surface area contributed by atoms with Gasteiger partial charge in [-0.15, -0.1) is 21.5 Å². The molecule has 2 amide bonds. The summed E-state index contributed by atoms with van der Waals surface area (Å²) in [5.74, 6) is 0.0800. The molecule has 0 saturated carbocycles. The molecule has 13 heteroatoms. The van der Waals surface area contributed by atoms with Crippen LogP contribution in [0.1, 0.15) is 31.4 Å². The zero-order valence-electron chi connectivity index (χ0n) is 19.7. The predicted octanol–water partition coefficient (Wildman–Crippen LogP) is 3.75. The second-order valence-electron chi connectivity index (χ2n) is 7.49. The lowest BCUT2D eigenvalue weighted by atomic mass is 10.1. The highest BCUT2D eigenvalue weighted by Crippen LogP contribution is 2.34. The first-order chi connectivity index (χ1) is 16.6. The number of nitrogens with zero attached hydrogens (tertiary/aromatic N) is 4. The molecular formula is C22H24BrN5O5S2. The van der Waals surface area contributed by atoms with Crippen molar-refractivity contribution in [3.8, 4) is 5.75 Å². The van der Waals surface area contributed by atoms with Gasteiger partial charge < -0.3 is 24.3 Å². The third-order valence-corrected chi connectivity index (χ3v) is 7.57. The standard InChI is InChI=1S/C22H24BrN5O5S2/c1-12-17(21(31)32-5)19(35-18(12)20(30)27(2)3)24-16(29)11-34-22-26-25-15(28(22)4)10-33-14-8-6-13(23)7-9-14/h6-9H,10-11H2,1-5H3,(H,24,29). The van der Waals surface area contributed by atoms with Crippen LogP contribution in [0.25, 0.3) is 0 Å². The number of hydrogen-bond donors (Lipinski definition) is 1. The zero-order valence-corrected chi connectivity index (χ0v) is 23.0. The van der Waals surface area contributed by atoms with Crippen LogP contribution < -0.4 is 10.1 Å². The highest BCUT2D eigenvalue weighted by molar-refractivity contribution is 9.10. The Labute approximate surface area is 219 Å². The first-order valence-corrected chi connectivity index (χ1v) is 12.8. The predicted molar refractivity (Wildman–Crippen MR) is 137 cm³/mol. The summed E-state index contributed by atoms with van der Waals surface area (Å²) in [4.78, 5) is 39.2. The number of carbonyl (C=O) groups is 3. The Bertz CT molecular complexity index is 1240. The average molecular weight is 583 g/mol. The van der Waals surface area contributed by atoms with Crippen LogP contribution in [0.2, 0.25) is 0 Å². The number of thioether (sulfide) groups is 1. The molecule has 1 aromatic carbocycles. The molecule has 0 atom stereocenters. The molecule has 0 bridgehead atoms. The van der Waals surface area contributed by atoms with Gasteiger partial charge in [-0.05, 0) is 36.8 Å². The smallest absolute Gasteiger partial charge is 0.341 e. The van der Waals surface area contributed by atoms with Gasteiger partial charge in [-0.2, -0.15) is 0 Å². The lowest BCUT2D eigenvalue weighted by Gasteiger charge is -2.08. The van der Waals surface area contributed by atoms with Crippen LogP contribution in [-0.4, -0.2) is 64.4 Å². The number of halogens is 1. The van der Waals surface area contributed by atoms with E-state index < -0.39 is 5.97 Å². The number of esters is 1. The number of methoxy groups -OCH3 is 1. The van der Waals surface area contributed by atoms with Crippen LogP contribution >= 0.6 is 39.0 Å². The number of hydrogen-bond acceptors (Lipinski definition) is 9. The van der Waals surface area contributed by atoms with Gasteiger partial charge in [-0.1, -0.05) is 27.7 Å². The molecule has 2 aromatic heterocycles. The normalized spacial score (nSPS) is 10.7. The number of benzene rings is 1. The zero-order chi connectivity index (χ0) is 25.7. The summed E-state index contributed by atoms with van der Waals surface area (Å²) in [5.41, 5.74) is 0.638. The van der Waals surface area contributed by atoms with E-state index in [-0.39, 0.29) is 34.7 Å². The maximum Gasteiger partial charge on any atom is 0.341 e. The van der Waals surface area contributed by atoms with Crippen molar-refractivity contribution in [3.63, 3.8) is 0 Å². The number of rotatable bonds is 9. The molecule has 0 unspecified atom stereocenters. The summed E-state index contributed by atoms with van der Waals surface area (Å²) in [6.07, 6.45) is 0. The van der Waals surface area contributed by atoms with Gasteiger partial charge in [-0.25, -0.2) is 4.79 Å². The Kier molecular flexibility index (Phi) is 8.92. The van der Waals surface area contributed by atoms with Gasteiger partial charge in [0, 0.05) is 25.6 Å². The molecule has 3 rings (SSSR count). The van der Waals surface area contributed by atoms with Crippen LogP contribution in [0.4, 0.5) is 5.00 Å². The maximum atomic E-state index is 12.7. The van der Waals surface area contributed by atoms with Gasteiger partial charge in [0.1, 0.15) is 17.4 Å². The minimum atomic E-state index is -0.622. The van der Waals surface area contributed by atoms with Crippen LogP contribution in [0, 0.1) is 6.92 Å². The summed E-state index contributed by atoms with van der Waals surface area (Å²) in [5, 5.41) is 11.8. The Morgan fingerprint density at radius 1 is 1.20 bits per heavy atom. The third-order valence-electron chi connectivity index (χ3n) is 4.83. The van der Waals surface area contributed by atoms with E-state index >= 15 is 0 Å². The number of anilines is 1. The van der Waals surface area contributed by atoms with E-state index in [2.05, 4.69) is 31.4 Å². The number of nitrogens with one attached hydrogen (secondary N) is 1. The van der Waals surface area contributed by atoms with E-state index in [4.69, 9.17) is 9.47 Å². The molecule has 0 aliphatic rings. The topological polar surface area (TPSA) is 116 Å². The Morgan fingerprint density at radius 2 is 1.89 bits per heavy atom. The minimum Gasteiger partial charge on any atom is -0.486 e. The number of ether oxygens (including phenoxy) is 2. The summed E-state index contributed by atoms with van der Waals surface area (Å²) in [7, 11) is 6.28. The molecule has 10 nitrogen and oxygen atoms in total. The van der Waals surface area contributed by atoms with Crippen molar-refractivity contribution >= 4 is 61.8 Å². The Hall–Kier alpha value is -2.90. The fourth-order valence-corrected chi connectivity index (χ4v) is 5.15. The molecule has 35 heavy (non-hydrogen) atoms. The second kappa shape index (κ2) is 11.7. The van der Waals surface area contributed by atoms with Gasteiger partial charge in [-0.3, -0.25) is 9.59 Å². The highest BCUT2D eigenvalue weighted by Gasteiger charge is 2.27. The van der Waals surface area contributed by atoms with E-state index in [0.29, 0.717) is 27.2 Å². The van der Waals surface area contributed by atoms with Crippen molar-refractivity contribution in [3.05, 3.63) is 50.6 Å². The van der Waals surface area contributed by atoms with Crippen molar-refractivity contribution < 1.29 is 23.9 Å². The molecule has 0 spiro atoms. The molecule has 0 radical (unpaired) electrons. The van der Waals surface area contributed by atoms with E-state index in [9.17, 15) is 14.4 Å². The van der Waals surface area contributed by atoms with Crippen LogP contribution in [0.3, 0.4) is 0 Å². The van der Waals surface area contributed by atoms with E-state index in [1.165, 1.54) is 23.8 Å². The molecule has 2 heterocycles. The molecule has 3 aromatic rings. The Balaban J connectivity index is 1.65. The third kappa shape index (κ3) is 6.41. The van der Waals surface area contributed by atoms with E-state index in [0.717, 1.165) is 15.8 Å². The van der Waals surface area contributed by atoms with Gasteiger partial charge >= 0.3 is 5.97 Å². The number of amides is 2. The molecular weight excluding hydrogens is 558 g/mol. The van der Waals surface area contributed by atoms with Crippen LogP contribution in [-0.2, 0) is 23.2 Å². The quantitative estimate of drug-likeness (QED) is 0.300. The first-order valence-electron chi connectivity index (χ1n) is 10.2. The molecule has 186 valence electrons. The second-order valence-corrected chi connectivity index (χ2v) is 10.4. The van der Waals surface area contributed by atoms with Crippen molar-refractivity contribution in [2.75, 3.05) is 32.3 Å². The molecule has 0 saturated heterocycles. The van der Waals surface area contributed by atoms with E-state index in [1.54, 1.807) is 32.6 Å². The molecule has 0 fully saturated rings. The van der Waals surface area contributed by atoms with Crippen molar-refractivity contribution in [2.45, 2.75) is 18.7 Å². The fourth-order valence-electron chi connectivity index (χ4n) is 2.92. The maximum absolute atomic E-state index is 12.7. The molecule has 1 N–H and O–H groups in total. The van der Waals surface area contributed by atoms with Gasteiger partial charge in [0.05, 0.1) is 23.3 Å². The molecule has 0 aliphatic carbocycles. The summed E-state index contributed by atoms with van der Waals surface area (Å²) in [6, 6.07) is 7.44. The Morgan fingerprint density at radius 3 is 2.51 bits per heavy atom. The van der Waals surface area contributed by atoms with Gasteiger partial charge in [0.2, 0.25) is 5.91 Å². The lowest BCUT2D eigenvalue weighted by molar-refractivity contribution is -0.113. The summed E-state index contributed by atoms with van der Waals surface area (Å²) in [6.45, 7) is 1.87. The van der Waals surface area contributed by atoms with Crippen LogP contribution in [0.5, 0.6) is 5.75 Å². The van der Waals surface area contributed by atoms with Crippen molar-refractivity contribution in [1.82, 2.24) is 19.7 Å². The first kappa shape index (κ1) is 26.7. The minimum absolute atomic E-state index is 0.0219. The highest BCUT2D eigenvalue weighted by atomic mass is 79.9. The van der Waals surface area contributed by atoms with Crippen LogP contribution in [0.15, 0.2) is 33.9 Å². The number of aromatic nitrogens is 3. The van der Waals surface area contributed by atoms with Gasteiger partial charge in [0.15, 0.2) is 11.0 Å². The van der Waals surface area contributed by atoms with Gasteiger partial charge in [0.25, 0.3) is 5.91 Å². The summed E-state index contributed by atoms with van der Waals surface area (Å²) >= 11 is 5.61. The monoisotopic (exact) mass is 581 g/mol. The van der Waals surface area contributed by atoms with E-state index in [1.807, 2.05) is 24.3 Å². The SMILES string of the molecule is COC(=O)c1c(NC(=O)CSc2nnc(COc3ccc(Br)cc3)n2C)sc(C(=O)N(C)C)c1C. The number of carbonyl (C=O) groups excluding carboxylic acids is 3. The van der Waals surface area contributed by atoms with Crippen molar-refractivity contribution in [1.29, 1.82) is 0 Å².